The molecular formula is C13H10N4OS. The molecule has 1 N–H and O–H groups in total. The predicted octanol–water partition coefficient (Wildman–Crippen LogP) is 1.90. The third-order valence-electron chi connectivity index (χ3n) is 2.85. The molecule has 0 saturated carbocycles. The summed E-state index contributed by atoms with van der Waals surface area (Å²) in [6.45, 7) is 0.335. The molecule has 2 heterocycles. The van der Waals surface area contributed by atoms with Gasteiger partial charge < -0.3 is 4.98 Å². The highest BCUT2D eigenvalue weighted by atomic mass is 32.1. The van der Waals surface area contributed by atoms with Crippen LogP contribution in [0.15, 0.2) is 47.7 Å². The summed E-state index contributed by atoms with van der Waals surface area (Å²) in [5.74, 6) is 0. The molecule has 19 heavy (non-hydrogen) atoms. The highest BCUT2D eigenvalue weighted by molar-refractivity contribution is 7.71. The average Bonchev–Trinajstić information content (AvgIpc) is 2.45. The monoisotopic (exact) mass is 270 g/mol. The van der Waals surface area contributed by atoms with Gasteiger partial charge in [0.1, 0.15) is 6.33 Å². The minimum absolute atomic E-state index is 0.113. The Bertz CT molecular complexity index is 838. The van der Waals surface area contributed by atoms with Crippen molar-refractivity contribution in [3.63, 3.8) is 0 Å². The van der Waals surface area contributed by atoms with Gasteiger partial charge in [0.2, 0.25) is 0 Å². The van der Waals surface area contributed by atoms with Crippen molar-refractivity contribution < 1.29 is 0 Å². The van der Waals surface area contributed by atoms with E-state index in [1.54, 1.807) is 18.3 Å². The number of nitrogens with zero attached hydrogens (tertiary/aromatic N) is 3. The van der Waals surface area contributed by atoms with Gasteiger partial charge in [-0.1, -0.05) is 12.1 Å². The van der Waals surface area contributed by atoms with Crippen LogP contribution in [0.25, 0.3) is 10.9 Å². The van der Waals surface area contributed by atoms with Gasteiger partial charge in [-0.3, -0.25) is 9.36 Å². The second-order valence-electron chi connectivity index (χ2n) is 4.07. The highest BCUT2D eigenvalue weighted by Gasteiger charge is 2.06. The lowest BCUT2D eigenvalue weighted by molar-refractivity contribution is 0.714. The van der Waals surface area contributed by atoms with Crippen molar-refractivity contribution in [2.75, 3.05) is 0 Å². The smallest absolute Gasteiger partial charge is 0.262 e. The maximum absolute atomic E-state index is 12.4. The van der Waals surface area contributed by atoms with Gasteiger partial charge >= 0.3 is 0 Å². The van der Waals surface area contributed by atoms with Crippen LogP contribution in [-0.4, -0.2) is 19.5 Å². The van der Waals surface area contributed by atoms with Crippen molar-refractivity contribution in [2.24, 2.45) is 0 Å². The first-order valence-electron chi connectivity index (χ1n) is 5.72. The Balaban J connectivity index is 2.19. The summed E-state index contributed by atoms with van der Waals surface area (Å²) in [5.41, 5.74) is 1.38. The fourth-order valence-electron chi connectivity index (χ4n) is 1.92. The zero-order valence-corrected chi connectivity index (χ0v) is 10.7. The number of para-hydroxylation sites is 1. The number of benzene rings is 1. The van der Waals surface area contributed by atoms with E-state index in [0.29, 0.717) is 16.7 Å². The molecule has 0 atom stereocenters. The molecule has 0 saturated heterocycles. The second kappa shape index (κ2) is 4.74. The lowest BCUT2D eigenvalue weighted by Crippen LogP contribution is -2.23. The van der Waals surface area contributed by atoms with Gasteiger partial charge in [-0.05, 0) is 30.4 Å². The van der Waals surface area contributed by atoms with Gasteiger partial charge in [-0.25, -0.2) is 9.97 Å². The molecule has 0 aliphatic heterocycles. The summed E-state index contributed by atoms with van der Waals surface area (Å²) < 4.78 is 1.89. The Morgan fingerprint density at radius 3 is 2.89 bits per heavy atom. The van der Waals surface area contributed by atoms with E-state index in [2.05, 4.69) is 15.0 Å². The van der Waals surface area contributed by atoms with Gasteiger partial charge in [0.25, 0.3) is 5.56 Å². The number of rotatable bonds is 2. The SMILES string of the molecule is O=c1c2ccccc2[nH]c(=S)n1Cc1ccncn1. The molecule has 0 aliphatic carbocycles. The molecule has 0 spiro atoms. The predicted molar refractivity (Wildman–Crippen MR) is 74.5 cm³/mol. The summed E-state index contributed by atoms with van der Waals surface area (Å²) in [4.78, 5) is 23.4. The van der Waals surface area contributed by atoms with Crippen LogP contribution in [0, 0.1) is 4.77 Å². The number of hydrogen-bond donors (Lipinski definition) is 1. The Kier molecular flexibility index (Phi) is 2.92. The van der Waals surface area contributed by atoms with Crippen LogP contribution >= 0.6 is 12.2 Å². The largest absolute Gasteiger partial charge is 0.332 e. The first-order valence-corrected chi connectivity index (χ1v) is 6.13. The summed E-state index contributed by atoms with van der Waals surface area (Å²) in [6.07, 6.45) is 3.09. The Hall–Kier alpha value is -2.34. The summed E-state index contributed by atoms with van der Waals surface area (Å²) in [7, 11) is 0. The van der Waals surface area contributed by atoms with Gasteiger partial charge in [-0.15, -0.1) is 0 Å². The topological polar surface area (TPSA) is 63.6 Å². The van der Waals surface area contributed by atoms with Crippen molar-refractivity contribution in [1.29, 1.82) is 0 Å². The third kappa shape index (κ3) is 2.17. The van der Waals surface area contributed by atoms with E-state index in [1.807, 2.05) is 18.2 Å². The van der Waals surface area contributed by atoms with Gasteiger partial charge in [0.15, 0.2) is 4.77 Å². The Morgan fingerprint density at radius 1 is 1.26 bits per heavy atom. The zero-order valence-electron chi connectivity index (χ0n) is 9.91. The van der Waals surface area contributed by atoms with E-state index in [9.17, 15) is 4.79 Å². The highest BCUT2D eigenvalue weighted by Crippen LogP contribution is 2.06. The summed E-state index contributed by atoms with van der Waals surface area (Å²) >= 11 is 5.23. The molecule has 0 bridgehead atoms. The molecule has 3 aromatic rings. The van der Waals surface area contributed by atoms with Crippen molar-refractivity contribution in [1.82, 2.24) is 19.5 Å². The molecule has 0 unspecified atom stereocenters. The third-order valence-corrected chi connectivity index (χ3v) is 3.18. The van der Waals surface area contributed by atoms with E-state index >= 15 is 0 Å². The lowest BCUT2D eigenvalue weighted by atomic mass is 10.2. The minimum Gasteiger partial charge on any atom is -0.332 e. The molecule has 94 valence electrons. The number of fused-ring (bicyclic) bond motifs is 1. The number of hydrogen-bond acceptors (Lipinski definition) is 4. The van der Waals surface area contributed by atoms with E-state index in [-0.39, 0.29) is 5.56 Å². The quantitative estimate of drug-likeness (QED) is 0.722. The van der Waals surface area contributed by atoms with Crippen LogP contribution in [0.1, 0.15) is 5.69 Å². The molecule has 1 aromatic carbocycles. The Morgan fingerprint density at radius 2 is 2.11 bits per heavy atom. The first-order chi connectivity index (χ1) is 9.25. The maximum Gasteiger partial charge on any atom is 0.262 e. The van der Waals surface area contributed by atoms with Crippen molar-refractivity contribution in [3.05, 3.63) is 63.7 Å². The minimum atomic E-state index is -0.113. The van der Waals surface area contributed by atoms with E-state index in [0.717, 1.165) is 11.2 Å². The van der Waals surface area contributed by atoms with Crippen LogP contribution in [-0.2, 0) is 6.54 Å². The van der Waals surface area contributed by atoms with Crippen molar-refractivity contribution in [3.8, 4) is 0 Å². The molecular weight excluding hydrogens is 260 g/mol. The van der Waals surface area contributed by atoms with Crippen molar-refractivity contribution >= 4 is 23.1 Å². The van der Waals surface area contributed by atoms with Crippen LogP contribution < -0.4 is 5.56 Å². The molecule has 2 aromatic heterocycles. The molecule has 0 amide bonds. The molecule has 0 aliphatic rings. The summed E-state index contributed by atoms with van der Waals surface area (Å²) in [5, 5.41) is 0.616. The number of aromatic nitrogens is 4. The molecule has 0 fully saturated rings. The summed E-state index contributed by atoms with van der Waals surface area (Å²) in [6, 6.07) is 9.06. The van der Waals surface area contributed by atoms with Gasteiger partial charge in [0, 0.05) is 6.20 Å². The fraction of sp³-hybridized carbons (Fsp3) is 0.0769. The number of nitrogens with one attached hydrogen (secondary N) is 1. The second-order valence-corrected chi connectivity index (χ2v) is 4.45. The van der Waals surface area contributed by atoms with E-state index < -0.39 is 0 Å². The molecule has 3 rings (SSSR count). The van der Waals surface area contributed by atoms with Crippen LogP contribution in [0.5, 0.6) is 0 Å². The van der Waals surface area contributed by atoms with Crippen LogP contribution in [0.4, 0.5) is 0 Å². The molecule has 6 heteroatoms. The number of aromatic amines is 1. The molecule has 5 nitrogen and oxygen atoms in total. The van der Waals surface area contributed by atoms with E-state index in [1.165, 1.54) is 10.9 Å². The van der Waals surface area contributed by atoms with Crippen LogP contribution in [0.2, 0.25) is 0 Å². The van der Waals surface area contributed by atoms with Crippen molar-refractivity contribution in [2.45, 2.75) is 6.54 Å². The number of H-pyrrole nitrogens is 1. The lowest BCUT2D eigenvalue weighted by Gasteiger charge is -2.07. The molecule has 0 radical (unpaired) electrons. The fourth-order valence-corrected chi connectivity index (χ4v) is 2.17. The zero-order chi connectivity index (χ0) is 13.2. The van der Waals surface area contributed by atoms with Gasteiger partial charge in [-0.2, -0.15) is 0 Å². The van der Waals surface area contributed by atoms with Crippen LogP contribution in [0.3, 0.4) is 0 Å². The average molecular weight is 270 g/mol. The standard InChI is InChI=1S/C13H10N4OS/c18-12-10-3-1-2-4-11(10)16-13(19)17(12)7-9-5-6-14-8-15-9/h1-6,8H,7H2,(H,16,19). The normalized spacial score (nSPS) is 10.7. The maximum atomic E-state index is 12.4. The van der Waals surface area contributed by atoms with Gasteiger partial charge in [0.05, 0.1) is 23.1 Å². The Labute approximate surface area is 113 Å². The van der Waals surface area contributed by atoms with E-state index in [4.69, 9.17) is 12.2 Å². The first kappa shape index (κ1) is 11.7.